The molecule has 4 rings (SSSR count). The molecule has 1 N–H and O–H groups in total. The highest BCUT2D eigenvalue weighted by molar-refractivity contribution is 5.24. The van der Waals surface area contributed by atoms with E-state index < -0.39 is 6.17 Å². The Hall–Kier alpha value is -1.75. The number of halogens is 1. The van der Waals surface area contributed by atoms with Gasteiger partial charge in [-0.05, 0) is 17.9 Å². The number of nitrogens with zero attached hydrogens (tertiary/aromatic N) is 3. The summed E-state index contributed by atoms with van der Waals surface area (Å²) < 4.78 is 15.9. The van der Waals surface area contributed by atoms with Gasteiger partial charge in [-0.1, -0.05) is 30.3 Å². The van der Waals surface area contributed by atoms with Crippen molar-refractivity contribution in [3.8, 4) is 0 Å². The first-order valence-electron chi connectivity index (χ1n) is 7.04. The van der Waals surface area contributed by atoms with Crippen molar-refractivity contribution in [2.24, 2.45) is 5.92 Å². The Labute approximate surface area is 116 Å². The van der Waals surface area contributed by atoms with Crippen LogP contribution in [0.4, 0.5) is 4.39 Å². The highest BCUT2D eigenvalue weighted by Gasteiger charge is 2.43. The predicted molar refractivity (Wildman–Crippen MR) is 71.0 cm³/mol. The Morgan fingerprint density at radius 2 is 2.05 bits per heavy atom. The molecule has 5 heteroatoms. The van der Waals surface area contributed by atoms with Crippen molar-refractivity contribution in [3.63, 3.8) is 0 Å². The molecule has 0 amide bonds. The van der Waals surface area contributed by atoms with Crippen LogP contribution >= 0.6 is 0 Å². The standard InChI is InChI=1S/C15H16FN3O/c16-12-7-13(9-4-2-1-3-5-9)19-15(12)17-14(18-19)11-6-10(11)8-20/h1-5,10-13,20H,6-8H2/t10-,11+,12-,13-/m0/s1. The molecule has 0 radical (unpaired) electrons. The van der Waals surface area contributed by atoms with Gasteiger partial charge in [-0.15, -0.1) is 0 Å². The van der Waals surface area contributed by atoms with Gasteiger partial charge in [-0.25, -0.2) is 14.1 Å². The third kappa shape index (κ3) is 1.77. The number of alkyl halides is 1. The second kappa shape index (κ2) is 4.38. The second-order valence-electron chi connectivity index (χ2n) is 5.69. The molecule has 1 fully saturated rings. The fourth-order valence-corrected chi connectivity index (χ4v) is 3.07. The van der Waals surface area contributed by atoms with Crippen LogP contribution in [0.3, 0.4) is 0 Å². The normalized spacial score (nSPS) is 31.3. The number of aromatic nitrogens is 3. The van der Waals surface area contributed by atoms with Crippen LogP contribution in [0.5, 0.6) is 0 Å². The summed E-state index contributed by atoms with van der Waals surface area (Å²) in [5, 5.41) is 13.6. The molecule has 4 atom stereocenters. The number of rotatable bonds is 3. The Bertz CT molecular complexity index is 627. The summed E-state index contributed by atoms with van der Waals surface area (Å²) in [5.74, 6) is 1.60. The lowest BCUT2D eigenvalue weighted by Crippen LogP contribution is -2.07. The lowest BCUT2D eigenvalue weighted by atomic mass is 10.0. The third-order valence-electron chi connectivity index (χ3n) is 4.35. The second-order valence-corrected chi connectivity index (χ2v) is 5.69. The Balaban J connectivity index is 1.68. The van der Waals surface area contributed by atoms with E-state index in [0.29, 0.717) is 18.1 Å². The summed E-state index contributed by atoms with van der Waals surface area (Å²) in [6.45, 7) is 0.162. The van der Waals surface area contributed by atoms with Crippen LogP contribution in [0.15, 0.2) is 30.3 Å². The van der Waals surface area contributed by atoms with E-state index in [4.69, 9.17) is 5.11 Å². The molecule has 1 aliphatic heterocycles. The monoisotopic (exact) mass is 273 g/mol. The first kappa shape index (κ1) is 12.0. The Morgan fingerprint density at radius 3 is 2.75 bits per heavy atom. The van der Waals surface area contributed by atoms with E-state index in [0.717, 1.165) is 12.0 Å². The van der Waals surface area contributed by atoms with Gasteiger partial charge in [-0.2, -0.15) is 5.10 Å². The summed E-state index contributed by atoms with van der Waals surface area (Å²) in [7, 11) is 0. The molecule has 20 heavy (non-hydrogen) atoms. The minimum absolute atomic E-state index is 0.0613. The fraction of sp³-hybridized carbons (Fsp3) is 0.467. The van der Waals surface area contributed by atoms with Gasteiger partial charge in [0.25, 0.3) is 0 Å². The fourth-order valence-electron chi connectivity index (χ4n) is 3.07. The molecule has 1 aromatic heterocycles. The summed E-state index contributed by atoms with van der Waals surface area (Å²) in [6, 6.07) is 9.81. The van der Waals surface area contributed by atoms with Crippen LogP contribution in [0.2, 0.25) is 0 Å². The summed E-state index contributed by atoms with van der Waals surface area (Å²) in [5.41, 5.74) is 1.07. The van der Waals surface area contributed by atoms with Crippen LogP contribution < -0.4 is 0 Å². The van der Waals surface area contributed by atoms with Gasteiger partial charge < -0.3 is 5.11 Å². The number of benzene rings is 1. The molecule has 1 aromatic carbocycles. The average Bonchev–Trinajstić information content (AvgIpc) is 3.04. The molecule has 2 aliphatic rings. The van der Waals surface area contributed by atoms with E-state index in [1.807, 2.05) is 30.3 Å². The summed E-state index contributed by atoms with van der Waals surface area (Å²) in [6.07, 6.45) is 0.272. The van der Waals surface area contributed by atoms with E-state index >= 15 is 0 Å². The maximum absolute atomic E-state index is 14.2. The van der Waals surface area contributed by atoms with Gasteiger partial charge in [-0.3, -0.25) is 0 Å². The van der Waals surface area contributed by atoms with Crippen LogP contribution in [0, 0.1) is 5.92 Å². The minimum atomic E-state index is -1.05. The van der Waals surface area contributed by atoms with Gasteiger partial charge in [0.05, 0.1) is 6.04 Å². The lowest BCUT2D eigenvalue weighted by Gasteiger charge is -2.11. The molecule has 104 valence electrons. The zero-order valence-electron chi connectivity index (χ0n) is 11.0. The van der Waals surface area contributed by atoms with E-state index in [9.17, 15) is 4.39 Å². The van der Waals surface area contributed by atoms with Crippen molar-refractivity contribution in [1.82, 2.24) is 14.8 Å². The maximum Gasteiger partial charge on any atom is 0.162 e. The van der Waals surface area contributed by atoms with Crippen molar-refractivity contribution < 1.29 is 9.50 Å². The lowest BCUT2D eigenvalue weighted by molar-refractivity contribution is 0.273. The molecular formula is C15H16FN3O. The first-order valence-corrected chi connectivity index (χ1v) is 7.04. The zero-order valence-corrected chi connectivity index (χ0v) is 11.0. The Kier molecular flexibility index (Phi) is 2.63. The number of aliphatic hydroxyl groups excluding tert-OH is 1. The van der Waals surface area contributed by atoms with E-state index in [1.54, 1.807) is 4.68 Å². The summed E-state index contributed by atoms with van der Waals surface area (Å²) in [4.78, 5) is 4.37. The molecule has 0 saturated heterocycles. The van der Waals surface area contributed by atoms with E-state index in [1.165, 1.54) is 0 Å². The van der Waals surface area contributed by atoms with Crippen molar-refractivity contribution in [2.75, 3.05) is 6.61 Å². The number of hydrogen-bond acceptors (Lipinski definition) is 3. The highest BCUT2D eigenvalue weighted by atomic mass is 19.1. The smallest absolute Gasteiger partial charge is 0.162 e. The van der Waals surface area contributed by atoms with Gasteiger partial charge in [0.1, 0.15) is 0 Å². The van der Waals surface area contributed by atoms with E-state index in [-0.39, 0.29) is 24.5 Å². The SMILES string of the molecule is OC[C@@H]1C[C@H]1c1nc2n(n1)[C@H](c1ccccc1)C[C@@H]2F. The number of fused-ring (bicyclic) bond motifs is 1. The van der Waals surface area contributed by atoms with Crippen molar-refractivity contribution in [3.05, 3.63) is 47.5 Å². The first-order chi connectivity index (χ1) is 9.78. The van der Waals surface area contributed by atoms with Crippen LogP contribution in [0.25, 0.3) is 0 Å². The molecule has 4 nitrogen and oxygen atoms in total. The average molecular weight is 273 g/mol. The van der Waals surface area contributed by atoms with Gasteiger partial charge in [0.15, 0.2) is 17.8 Å². The van der Waals surface area contributed by atoms with Crippen LogP contribution in [-0.2, 0) is 0 Å². The minimum Gasteiger partial charge on any atom is -0.396 e. The van der Waals surface area contributed by atoms with E-state index in [2.05, 4.69) is 10.1 Å². The van der Waals surface area contributed by atoms with Crippen molar-refractivity contribution >= 4 is 0 Å². The largest absolute Gasteiger partial charge is 0.396 e. The molecule has 0 bridgehead atoms. The molecular weight excluding hydrogens is 257 g/mol. The third-order valence-corrected chi connectivity index (χ3v) is 4.35. The van der Waals surface area contributed by atoms with Crippen molar-refractivity contribution in [2.45, 2.75) is 31.0 Å². The topological polar surface area (TPSA) is 50.9 Å². The molecule has 0 spiro atoms. The zero-order chi connectivity index (χ0) is 13.7. The number of aliphatic hydroxyl groups is 1. The van der Waals surface area contributed by atoms with Crippen LogP contribution in [-0.4, -0.2) is 26.5 Å². The predicted octanol–water partition coefficient (Wildman–Crippen LogP) is 2.38. The molecule has 2 aromatic rings. The van der Waals surface area contributed by atoms with Crippen molar-refractivity contribution in [1.29, 1.82) is 0 Å². The molecule has 0 unspecified atom stereocenters. The quantitative estimate of drug-likeness (QED) is 0.934. The van der Waals surface area contributed by atoms with Gasteiger partial charge >= 0.3 is 0 Å². The van der Waals surface area contributed by atoms with Gasteiger partial charge in [0.2, 0.25) is 0 Å². The van der Waals surface area contributed by atoms with Crippen LogP contribution in [0.1, 0.15) is 48.2 Å². The number of hydrogen-bond donors (Lipinski definition) is 1. The molecule has 2 heterocycles. The van der Waals surface area contributed by atoms with Gasteiger partial charge in [0, 0.05) is 18.9 Å². The Morgan fingerprint density at radius 1 is 1.25 bits per heavy atom. The summed E-state index contributed by atoms with van der Waals surface area (Å²) >= 11 is 0. The molecule has 1 aliphatic carbocycles. The molecule has 1 saturated carbocycles. The maximum atomic E-state index is 14.2. The highest BCUT2D eigenvalue weighted by Crippen LogP contribution is 2.47.